The number of carbonyl (C=O) groups is 2. The smallest absolute Gasteiger partial charge is 0.244 e. The molecule has 0 amide bonds. The van der Waals surface area contributed by atoms with Gasteiger partial charge in [-0.2, -0.15) is 0 Å². The van der Waals surface area contributed by atoms with Crippen LogP contribution in [0.3, 0.4) is 0 Å². The molecule has 3 rings (SSSR count). The molecule has 0 fully saturated rings. The number of hydrogen-bond acceptors (Lipinski definition) is 5. The van der Waals surface area contributed by atoms with Crippen molar-refractivity contribution in [3.8, 4) is 5.75 Å². The lowest BCUT2D eigenvalue weighted by molar-refractivity contribution is -0.121. The molecule has 1 N–H and O–H groups in total. The molecule has 0 bridgehead atoms. The molecular weight excluding hydrogens is 356 g/mol. The Balaban J connectivity index is 1.43. The average Bonchev–Trinajstić information content (AvgIpc) is 3.14. The standard InChI is InChI=1S/C23H20O5/c24-19-9-6-17(7-10-19)8-11-20(25)15-21(26)12-13-22-16-27-23(28-22)14-18-4-2-1-3-5-18/h1-13,16,23-24H,14-15H2/b11-8+,13-12+. The molecule has 0 radical (unpaired) electrons. The van der Waals surface area contributed by atoms with Crippen molar-refractivity contribution in [2.24, 2.45) is 0 Å². The third kappa shape index (κ3) is 5.99. The molecule has 142 valence electrons. The molecule has 1 heterocycles. The maximum Gasteiger partial charge on any atom is 0.244 e. The second-order valence-electron chi connectivity index (χ2n) is 6.26. The molecule has 0 saturated carbocycles. The SMILES string of the molecule is O=C(/C=C/C1=COC(Cc2ccccc2)O1)CC(=O)/C=C/c1ccc(O)cc1. The largest absolute Gasteiger partial charge is 0.508 e. The first-order valence-electron chi connectivity index (χ1n) is 8.85. The maximum absolute atomic E-state index is 11.9. The van der Waals surface area contributed by atoms with Crippen LogP contribution in [-0.4, -0.2) is 23.0 Å². The number of hydrogen-bond donors (Lipinski definition) is 1. The second-order valence-corrected chi connectivity index (χ2v) is 6.26. The Labute approximate surface area is 163 Å². The summed E-state index contributed by atoms with van der Waals surface area (Å²) in [5.41, 5.74) is 1.86. The first-order valence-corrected chi connectivity index (χ1v) is 8.85. The molecule has 2 aromatic carbocycles. The van der Waals surface area contributed by atoms with Crippen LogP contribution in [0.2, 0.25) is 0 Å². The van der Waals surface area contributed by atoms with E-state index >= 15 is 0 Å². The fraction of sp³-hybridized carbons (Fsp3) is 0.130. The topological polar surface area (TPSA) is 72.8 Å². The van der Waals surface area contributed by atoms with E-state index in [1.54, 1.807) is 18.2 Å². The first-order chi connectivity index (χ1) is 13.6. The molecular formula is C23H20O5. The molecule has 1 atom stereocenters. The summed E-state index contributed by atoms with van der Waals surface area (Å²) < 4.78 is 11.1. The zero-order valence-corrected chi connectivity index (χ0v) is 15.2. The molecule has 5 heteroatoms. The Kier molecular flexibility index (Phi) is 6.41. The van der Waals surface area contributed by atoms with Gasteiger partial charge in [-0.05, 0) is 41.5 Å². The molecule has 5 nitrogen and oxygen atoms in total. The number of benzene rings is 2. The van der Waals surface area contributed by atoms with Crippen LogP contribution in [0.4, 0.5) is 0 Å². The van der Waals surface area contributed by atoms with Gasteiger partial charge in [0.25, 0.3) is 0 Å². The zero-order chi connectivity index (χ0) is 19.8. The average molecular weight is 376 g/mol. The minimum absolute atomic E-state index is 0.155. The van der Waals surface area contributed by atoms with Crippen molar-refractivity contribution in [1.82, 2.24) is 0 Å². The van der Waals surface area contributed by atoms with E-state index in [4.69, 9.17) is 9.47 Å². The monoisotopic (exact) mass is 376 g/mol. The minimum atomic E-state index is -0.424. The van der Waals surface area contributed by atoms with Gasteiger partial charge in [-0.25, -0.2) is 0 Å². The van der Waals surface area contributed by atoms with Gasteiger partial charge in [0.1, 0.15) is 12.0 Å². The highest BCUT2D eigenvalue weighted by Crippen LogP contribution is 2.19. The van der Waals surface area contributed by atoms with E-state index in [2.05, 4.69) is 0 Å². The van der Waals surface area contributed by atoms with Crippen molar-refractivity contribution < 1.29 is 24.2 Å². The molecule has 28 heavy (non-hydrogen) atoms. The van der Waals surface area contributed by atoms with Crippen molar-refractivity contribution in [3.63, 3.8) is 0 Å². The normalized spacial score (nSPS) is 16.0. The highest BCUT2D eigenvalue weighted by Gasteiger charge is 2.18. The van der Waals surface area contributed by atoms with Crippen LogP contribution in [-0.2, 0) is 25.5 Å². The van der Waals surface area contributed by atoms with Gasteiger partial charge in [0.15, 0.2) is 17.3 Å². The van der Waals surface area contributed by atoms with Gasteiger partial charge >= 0.3 is 0 Å². The summed E-state index contributed by atoms with van der Waals surface area (Å²) in [7, 11) is 0. The summed E-state index contributed by atoms with van der Waals surface area (Å²) in [6, 6.07) is 16.2. The van der Waals surface area contributed by atoms with Crippen molar-refractivity contribution >= 4 is 17.6 Å². The van der Waals surface area contributed by atoms with Gasteiger partial charge < -0.3 is 14.6 Å². The summed E-state index contributed by atoms with van der Waals surface area (Å²) in [5, 5.41) is 9.23. The van der Waals surface area contributed by atoms with Crippen molar-refractivity contribution in [2.45, 2.75) is 19.1 Å². The Morgan fingerprint density at radius 2 is 1.61 bits per heavy atom. The van der Waals surface area contributed by atoms with Crippen molar-refractivity contribution in [3.05, 3.63) is 96.0 Å². The lowest BCUT2D eigenvalue weighted by Crippen LogP contribution is -2.11. The lowest BCUT2D eigenvalue weighted by Gasteiger charge is -2.10. The van der Waals surface area contributed by atoms with Gasteiger partial charge in [0.2, 0.25) is 6.29 Å². The number of carbonyl (C=O) groups excluding carboxylic acids is 2. The van der Waals surface area contributed by atoms with Gasteiger partial charge in [0, 0.05) is 6.42 Å². The highest BCUT2D eigenvalue weighted by molar-refractivity contribution is 6.09. The van der Waals surface area contributed by atoms with Crippen LogP contribution >= 0.6 is 0 Å². The Morgan fingerprint density at radius 3 is 2.32 bits per heavy atom. The van der Waals surface area contributed by atoms with Crippen molar-refractivity contribution in [2.75, 3.05) is 0 Å². The van der Waals surface area contributed by atoms with Gasteiger partial charge in [0.05, 0.1) is 6.42 Å². The molecule has 0 aliphatic carbocycles. The Morgan fingerprint density at radius 1 is 0.929 bits per heavy atom. The van der Waals surface area contributed by atoms with E-state index in [0.29, 0.717) is 12.2 Å². The van der Waals surface area contributed by atoms with E-state index < -0.39 is 6.29 Å². The predicted molar refractivity (Wildman–Crippen MR) is 105 cm³/mol. The third-order valence-electron chi connectivity index (χ3n) is 3.99. The highest BCUT2D eigenvalue weighted by atomic mass is 16.7. The summed E-state index contributed by atoms with van der Waals surface area (Å²) in [4.78, 5) is 23.8. The summed E-state index contributed by atoms with van der Waals surface area (Å²) in [6.45, 7) is 0. The summed E-state index contributed by atoms with van der Waals surface area (Å²) in [6.07, 6.45) is 7.18. The second kappa shape index (κ2) is 9.37. The summed E-state index contributed by atoms with van der Waals surface area (Å²) in [5.74, 6) is -0.0257. The molecule has 0 spiro atoms. The van der Waals surface area contributed by atoms with Crippen molar-refractivity contribution in [1.29, 1.82) is 0 Å². The Hall–Kier alpha value is -3.60. The molecule has 2 aromatic rings. The van der Waals surface area contributed by atoms with Gasteiger partial charge in [-0.3, -0.25) is 9.59 Å². The number of ether oxygens (including phenoxy) is 2. The van der Waals surface area contributed by atoms with Gasteiger partial charge in [-0.15, -0.1) is 0 Å². The molecule has 1 unspecified atom stereocenters. The fourth-order valence-electron chi connectivity index (χ4n) is 2.56. The predicted octanol–water partition coefficient (Wildman–Crippen LogP) is 3.95. The van der Waals surface area contributed by atoms with Crippen LogP contribution in [0, 0.1) is 0 Å². The minimum Gasteiger partial charge on any atom is -0.508 e. The van der Waals surface area contributed by atoms with Crippen LogP contribution in [0.1, 0.15) is 17.5 Å². The first kappa shape index (κ1) is 19.2. The van der Waals surface area contributed by atoms with E-state index in [1.807, 2.05) is 30.3 Å². The van der Waals surface area contributed by atoms with E-state index in [9.17, 15) is 14.7 Å². The van der Waals surface area contributed by atoms with E-state index in [-0.39, 0.29) is 23.7 Å². The number of ketones is 2. The lowest BCUT2D eigenvalue weighted by atomic mass is 10.1. The number of phenols is 1. The molecule has 1 aliphatic heterocycles. The number of rotatable bonds is 8. The summed E-state index contributed by atoms with van der Waals surface area (Å²) >= 11 is 0. The maximum atomic E-state index is 11.9. The Bertz CT molecular complexity index is 908. The molecule has 1 aliphatic rings. The number of phenolic OH excluding ortho intramolecular Hbond substituents is 1. The number of aromatic hydroxyl groups is 1. The van der Waals surface area contributed by atoms with Crippen LogP contribution in [0.5, 0.6) is 5.75 Å². The van der Waals surface area contributed by atoms with Gasteiger partial charge in [-0.1, -0.05) is 48.5 Å². The van der Waals surface area contributed by atoms with Crippen LogP contribution < -0.4 is 0 Å². The third-order valence-corrected chi connectivity index (χ3v) is 3.99. The molecule has 0 saturated heterocycles. The van der Waals surface area contributed by atoms with E-state index in [0.717, 1.165) is 11.1 Å². The number of allylic oxidation sites excluding steroid dienone is 3. The molecule has 0 aromatic heterocycles. The quantitative estimate of drug-likeness (QED) is 0.558. The van der Waals surface area contributed by atoms with Crippen LogP contribution in [0.25, 0.3) is 6.08 Å². The fourth-order valence-corrected chi connectivity index (χ4v) is 2.56. The van der Waals surface area contributed by atoms with Crippen LogP contribution in [0.15, 0.2) is 84.8 Å². The zero-order valence-electron chi connectivity index (χ0n) is 15.2. The van der Waals surface area contributed by atoms with E-state index in [1.165, 1.54) is 36.6 Å².